The highest BCUT2D eigenvalue weighted by molar-refractivity contribution is 6.32. The second-order valence-corrected chi connectivity index (χ2v) is 8.76. The number of fused-ring (bicyclic) bond motifs is 1. The molecule has 0 saturated heterocycles. The first-order valence-electron chi connectivity index (χ1n) is 10.9. The van der Waals surface area contributed by atoms with Gasteiger partial charge in [0.2, 0.25) is 0 Å². The first-order chi connectivity index (χ1) is 16.6. The number of imidazole rings is 1. The zero-order chi connectivity index (χ0) is 23.2. The lowest BCUT2D eigenvalue weighted by atomic mass is 9.79. The summed E-state index contributed by atoms with van der Waals surface area (Å²) in [5.41, 5.74) is 3.32. The number of rotatable bonds is 4. The molecular formula is C25H18ClN7O. The quantitative estimate of drug-likeness (QED) is 0.415. The Labute approximate surface area is 199 Å². The van der Waals surface area contributed by atoms with Crippen molar-refractivity contribution in [2.75, 3.05) is 0 Å². The number of nitrogens with one attached hydrogen (secondary N) is 1. The van der Waals surface area contributed by atoms with Gasteiger partial charge in [0.1, 0.15) is 11.5 Å². The maximum Gasteiger partial charge on any atom is 0.326 e. The van der Waals surface area contributed by atoms with Crippen molar-refractivity contribution in [3.8, 4) is 23.3 Å². The topological polar surface area (TPSA) is 105 Å². The zero-order valence-electron chi connectivity index (χ0n) is 17.9. The third kappa shape index (κ3) is 3.21. The Bertz CT molecular complexity index is 1620. The maximum atomic E-state index is 12.7. The first kappa shape index (κ1) is 20.4. The minimum absolute atomic E-state index is 0.0221. The fraction of sp³-hybridized carbons (Fsp3) is 0.160. The molecule has 1 fully saturated rings. The molecule has 1 aliphatic rings. The molecule has 3 aromatic heterocycles. The molecule has 34 heavy (non-hydrogen) atoms. The van der Waals surface area contributed by atoms with E-state index in [1.807, 2.05) is 53.1 Å². The van der Waals surface area contributed by atoms with E-state index in [0.717, 1.165) is 29.9 Å². The van der Waals surface area contributed by atoms with E-state index < -0.39 is 0 Å². The third-order valence-corrected chi connectivity index (χ3v) is 6.68. The second kappa shape index (κ2) is 7.97. The standard InChI is InChI=1S/C25H18ClN7O/c26-18-5-1-2-7-21(18)33-23(30-31-24(33)19-6-3-4-10-28-19)16-12-17(13-16)32-22-9-8-15(14-27)11-20(22)29-25(32)34/h1-11,16-17H,12-13H2,(H,29,34). The van der Waals surface area contributed by atoms with Crippen molar-refractivity contribution < 1.29 is 0 Å². The lowest BCUT2D eigenvalue weighted by Gasteiger charge is -2.35. The number of aromatic amines is 1. The number of nitriles is 1. The van der Waals surface area contributed by atoms with Gasteiger partial charge in [-0.3, -0.25) is 14.1 Å². The summed E-state index contributed by atoms with van der Waals surface area (Å²) in [5.74, 6) is 1.52. The molecule has 1 saturated carbocycles. The number of pyridine rings is 1. The van der Waals surface area contributed by atoms with Crippen LogP contribution in [0.5, 0.6) is 0 Å². The molecule has 9 heteroatoms. The predicted molar refractivity (Wildman–Crippen MR) is 128 cm³/mol. The molecular weight excluding hydrogens is 450 g/mol. The van der Waals surface area contributed by atoms with Crippen LogP contribution in [0.3, 0.4) is 0 Å². The van der Waals surface area contributed by atoms with Gasteiger partial charge >= 0.3 is 5.69 Å². The minimum Gasteiger partial charge on any atom is -0.305 e. The largest absolute Gasteiger partial charge is 0.326 e. The summed E-state index contributed by atoms with van der Waals surface area (Å²) in [6.45, 7) is 0. The number of H-pyrrole nitrogens is 1. The SMILES string of the molecule is N#Cc1ccc2c(c1)[nH]c(=O)n2C1CC(c2nnc(-c3ccccn3)n2-c2ccccc2Cl)C1. The molecule has 5 aromatic rings. The number of aromatic nitrogens is 6. The monoisotopic (exact) mass is 467 g/mol. The van der Waals surface area contributed by atoms with E-state index in [1.54, 1.807) is 22.9 Å². The van der Waals surface area contributed by atoms with Gasteiger partial charge in [-0.15, -0.1) is 10.2 Å². The van der Waals surface area contributed by atoms with Gasteiger partial charge in [0.05, 0.1) is 33.4 Å². The Kier molecular flexibility index (Phi) is 4.78. The van der Waals surface area contributed by atoms with Crippen LogP contribution in [0.4, 0.5) is 0 Å². The molecule has 1 aliphatic carbocycles. The summed E-state index contributed by atoms with van der Waals surface area (Å²) in [6.07, 6.45) is 3.19. The molecule has 166 valence electrons. The van der Waals surface area contributed by atoms with Gasteiger partial charge in [0.25, 0.3) is 0 Å². The van der Waals surface area contributed by atoms with Gasteiger partial charge in [0.15, 0.2) is 5.82 Å². The predicted octanol–water partition coefficient (Wildman–Crippen LogP) is 4.62. The fourth-order valence-electron chi connectivity index (χ4n) is 4.66. The zero-order valence-corrected chi connectivity index (χ0v) is 18.6. The molecule has 0 unspecified atom stereocenters. The van der Waals surface area contributed by atoms with Crippen LogP contribution < -0.4 is 5.69 Å². The molecule has 6 rings (SSSR count). The highest BCUT2D eigenvalue weighted by atomic mass is 35.5. The lowest BCUT2D eigenvalue weighted by molar-refractivity contribution is 0.254. The maximum absolute atomic E-state index is 12.7. The van der Waals surface area contributed by atoms with Crippen molar-refractivity contribution in [3.05, 3.63) is 93.8 Å². The molecule has 1 N–H and O–H groups in total. The van der Waals surface area contributed by atoms with Crippen LogP contribution in [0.1, 0.15) is 36.2 Å². The number of benzene rings is 2. The van der Waals surface area contributed by atoms with E-state index in [0.29, 0.717) is 27.6 Å². The van der Waals surface area contributed by atoms with Crippen LogP contribution in [0.15, 0.2) is 71.7 Å². The van der Waals surface area contributed by atoms with Gasteiger partial charge in [-0.1, -0.05) is 29.8 Å². The fourth-order valence-corrected chi connectivity index (χ4v) is 4.88. The van der Waals surface area contributed by atoms with Crippen LogP contribution in [0.25, 0.3) is 28.2 Å². The number of hydrogen-bond donors (Lipinski definition) is 1. The highest BCUT2D eigenvalue weighted by Crippen LogP contribution is 2.46. The van der Waals surface area contributed by atoms with Crippen molar-refractivity contribution in [3.63, 3.8) is 0 Å². The van der Waals surface area contributed by atoms with Crippen LogP contribution >= 0.6 is 11.6 Å². The smallest absolute Gasteiger partial charge is 0.305 e. The lowest BCUT2D eigenvalue weighted by Crippen LogP contribution is -2.32. The summed E-state index contributed by atoms with van der Waals surface area (Å²) in [6, 6.07) is 20.6. The van der Waals surface area contributed by atoms with E-state index in [4.69, 9.17) is 16.9 Å². The van der Waals surface area contributed by atoms with Crippen LogP contribution in [-0.2, 0) is 0 Å². The number of nitrogens with zero attached hydrogens (tertiary/aromatic N) is 6. The molecule has 2 aromatic carbocycles. The highest BCUT2D eigenvalue weighted by Gasteiger charge is 2.38. The van der Waals surface area contributed by atoms with Crippen molar-refractivity contribution in [1.29, 1.82) is 5.26 Å². The average Bonchev–Trinajstić information content (AvgIpc) is 3.40. The van der Waals surface area contributed by atoms with E-state index >= 15 is 0 Å². The van der Waals surface area contributed by atoms with Gasteiger partial charge in [-0.25, -0.2) is 4.79 Å². The van der Waals surface area contributed by atoms with Crippen LogP contribution in [0.2, 0.25) is 5.02 Å². The summed E-state index contributed by atoms with van der Waals surface area (Å²) in [5, 5.41) is 18.7. The third-order valence-electron chi connectivity index (χ3n) is 6.36. The van der Waals surface area contributed by atoms with Gasteiger partial charge in [0, 0.05) is 18.2 Å². The molecule has 0 amide bonds. The van der Waals surface area contributed by atoms with Crippen LogP contribution in [-0.4, -0.2) is 29.3 Å². The van der Waals surface area contributed by atoms with Gasteiger partial charge < -0.3 is 4.98 Å². The Hall–Kier alpha value is -4.22. The number of hydrogen-bond acceptors (Lipinski definition) is 5. The number of para-hydroxylation sites is 1. The average molecular weight is 468 g/mol. The van der Waals surface area contributed by atoms with E-state index in [-0.39, 0.29) is 17.6 Å². The Balaban J connectivity index is 1.38. The summed E-state index contributed by atoms with van der Waals surface area (Å²) < 4.78 is 3.76. The van der Waals surface area contributed by atoms with Crippen molar-refractivity contribution in [2.45, 2.75) is 24.8 Å². The van der Waals surface area contributed by atoms with Crippen molar-refractivity contribution >= 4 is 22.6 Å². The summed E-state index contributed by atoms with van der Waals surface area (Å²) in [7, 11) is 0. The molecule has 8 nitrogen and oxygen atoms in total. The molecule has 0 bridgehead atoms. The Morgan fingerprint density at radius 2 is 1.88 bits per heavy atom. The van der Waals surface area contributed by atoms with Crippen LogP contribution in [0, 0.1) is 11.3 Å². The summed E-state index contributed by atoms with van der Waals surface area (Å²) in [4.78, 5) is 20.0. The van der Waals surface area contributed by atoms with Crippen molar-refractivity contribution in [1.82, 2.24) is 29.3 Å². The minimum atomic E-state index is -0.171. The second-order valence-electron chi connectivity index (χ2n) is 8.35. The van der Waals surface area contributed by atoms with Gasteiger partial charge in [-0.2, -0.15) is 5.26 Å². The molecule has 0 spiro atoms. The first-order valence-corrected chi connectivity index (χ1v) is 11.3. The molecule has 0 aliphatic heterocycles. The molecule has 0 radical (unpaired) electrons. The van der Waals surface area contributed by atoms with Gasteiger partial charge in [-0.05, 0) is 55.3 Å². The van der Waals surface area contributed by atoms with E-state index in [1.165, 1.54) is 0 Å². The number of halogens is 1. The summed E-state index contributed by atoms with van der Waals surface area (Å²) >= 11 is 6.56. The van der Waals surface area contributed by atoms with E-state index in [9.17, 15) is 4.79 Å². The normalized spacial score (nSPS) is 17.4. The van der Waals surface area contributed by atoms with E-state index in [2.05, 4.69) is 26.2 Å². The molecule has 3 heterocycles. The Morgan fingerprint density at radius 1 is 1.06 bits per heavy atom. The van der Waals surface area contributed by atoms with Crippen molar-refractivity contribution in [2.24, 2.45) is 0 Å². The Morgan fingerprint density at radius 3 is 2.65 bits per heavy atom. The molecule has 0 atom stereocenters.